The van der Waals surface area contributed by atoms with Crippen molar-refractivity contribution in [2.75, 3.05) is 13.1 Å². The summed E-state index contributed by atoms with van der Waals surface area (Å²) >= 11 is 0. The summed E-state index contributed by atoms with van der Waals surface area (Å²) in [6, 6.07) is 9.36. The van der Waals surface area contributed by atoms with Gasteiger partial charge < -0.3 is 15.5 Å². The lowest BCUT2D eigenvalue weighted by Gasteiger charge is -2.32. The van der Waals surface area contributed by atoms with Crippen molar-refractivity contribution in [3.05, 3.63) is 47.5 Å². The van der Waals surface area contributed by atoms with Crippen LogP contribution in [0.25, 0.3) is 0 Å². The van der Waals surface area contributed by atoms with Crippen LogP contribution in [0.15, 0.2) is 30.3 Å². The predicted molar refractivity (Wildman–Crippen MR) is 108 cm³/mol. The molecular weight excluding hydrogens is 368 g/mol. The Morgan fingerprint density at radius 3 is 2.83 bits per heavy atom. The summed E-state index contributed by atoms with van der Waals surface area (Å²) < 4.78 is 1.92. The van der Waals surface area contributed by atoms with E-state index in [4.69, 9.17) is 0 Å². The number of fused-ring (bicyclic) bond motifs is 1. The Kier molecular flexibility index (Phi) is 5.51. The van der Waals surface area contributed by atoms with Crippen LogP contribution >= 0.6 is 0 Å². The van der Waals surface area contributed by atoms with E-state index in [1.165, 1.54) is 0 Å². The van der Waals surface area contributed by atoms with Crippen molar-refractivity contribution in [1.29, 1.82) is 0 Å². The van der Waals surface area contributed by atoms with E-state index in [0.717, 1.165) is 30.1 Å². The Balaban J connectivity index is 1.48. The molecule has 2 N–H and O–H groups in total. The summed E-state index contributed by atoms with van der Waals surface area (Å²) in [6.07, 6.45) is 1.91. The van der Waals surface area contributed by atoms with Gasteiger partial charge in [0.1, 0.15) is 5.82 Å². The molecule has 0 radical (unpaired) electrons. The molecule has 1 aromatic carbocycles. The minimum Gasteiger partial charge on any atom is -0.354 e. The van der Waals surface area contributed by atoms with E-state index < -0.39 is 0 Å². The van der Waals surface area contributed by atoms with Gasteiger partial charge in [0.25, 0.3) is 0 Å². The van der Waals surface area contributed by atoms with Gasteiger partial charge in [-0.1, -0.05) is 44.2 Å². The van der Waals surface area contributed by atoms with Gasteiger partial charge in [0.15, 0.2) is 5.82 Å². The number of carbonyl (C=O) groups excluding carboxylic acids is 2. The lowest BCUT2D eigenvalue weighted by atomic mass is 10.0. The molecule has 2 atom stereocenters. The summed E-state index contributed by atoms with van der Waals surface area (Å²) in [5, 5.41) is 10.6. The minimum atomic E-state index is -0.267. The fraction of sp³-hybridized carbons (Fsp3) is 0.524. The van der Waals surface area contributed by atoms with E-state index in [1.54, 1.807) is 4.90 Å². The van der Waals surface area contributed by atoms with Crippen LogP contribution in [0.2, 0.25) is 0 Å². The largest absolute Gasteiger partial charge is 0.354 e. The van der Waals surface area contributed by atoms with Crippen LogP contribution in [0, 0.1) is 0 Å². The van der Waals surface area contributed by atoms with Gasteiger partial charge in [-0.15, -0.1) is 0 Å². The molecule has 4 rings (SSSR count). The highest BCUT2D eigenvalue weighted by atomic mass is 16.2. The standard InChI is InChI=1S/C21H28N6O2/c1-14(2)20-24-18-9-8-16(13-27(18)25-20)23-21(29)26-11-10-22-19(28)12-17(26)15-6-4-3-5-7-15/h3-7,14,16-17H,8-13H2,1-2H3,(H,22,28)(H,23,29)/t16-,17-/m0/s1. The average Bonchev–Trinajstić information content (AvgIpc) is 3.04. The lowest BCUT2D eigenvalue weighted by molar-refractivity contribution is -0.121. The van der Waals surface area contributed by atoms with Crippen LogP contribution in [0.3, 0.4) is 0 Å². The molecule has 2 aliphatic heterocycles. The summed E-state index contributed by atoms with van der Waals surface area (Å²) in [4.78, 5) is 31.7. The third-order valence-corrected chi connectivity index (χ3v) is 5.59. The Labute approximate surface area is 170 Å². The van der Waals surface area contributed by atoms with Gasteiger partial charge in [-0.25, -0.2) is 14.5 Å². The normalized spacial score (nSPS) is 22.0. The maximum atomic E-state index is 13.2. The van der Waals surface area contributed by atoms with Crippen LogP contribution in [-0.4, -0.2) is 50.7 Å². The van der Waals surface area contributed by atoms with Gasteiger partial charge in [0, 0.05) is 25.4 Å². The number of nitrogens with zero attached hydrogens (tertiary/aromatic N) is 4. The van der Waals surface area contributed by atoms with E-state index in [-0.39, 0.29) is 36.4 Å². The van der Waals surface area contributed by atoms with Crippen molar-refractivity contribution in [1.82, 2.24) is 30.3 Å². The summed E-state index contributed by atoms with van der Waals surface area (Å²) in [5.74, 6) is 2.11. The van der Waals surface area contributed by atoms with Crippen molar-refractivity contribution in [3.8, 4) is 0 Å². The van der Waals surface area contributed by atoms with E-state index in [9.17, 15) is 9.59 Å². The van der Waals surface area contributed by atoms with Crippen molar-refractivity contribution in [2.24, 2.45) is 0 Å². The number of hydrogen-bond acceptors (Lipinski definition) is 4. The third kappa shape index (κ3) is 4.26. The molecule has 0 bridgehead atoms. The van der Waals surface area contributed by atoms with E-state index in [0.29, 0.717) is 19.6 Å². The number of hydrogen-bond donors (Lipinski definition) is 2. The Hall–Kier alpha value is -2.90. The molecule has 3 amide bonds. The Morgan fingerprint density at radius 1 is 1.28 bits per heavy atom. The predicted octanol–water partition coefficient (Wildman–Crippen LogP) is 1.99. The fourth-order valence-corrected chi connectivity index (χ4v) is 3.99. The first-order chi connectivity index (χ1) is 14.0. The second-order valence-electron chi connectivity index (χ2n) is 8.08. The SMILES string of the molecule is CC(C)c1nc2n(n1)C[C@@H](NC(=O)N1CCNC(=O)C[C@H]1c1ccccc1)CC2. The molecule has 29 heavy (non-hydrogen) atoms. The van der Waals surface area contributed by atoms with Crippen molar-refractivity contribution < 1.29 is 9.59 Å². The zero-order chi connectivity index (χ0) is 20.4. The fourth-order valence-electron chi connectivity index (χ4n) is 3.99. The van der Waals surface area contributed by atoms with Crippen LogP contribution in [0.4, 0.5) is 4.79 Å². The number of carbonyl (C=O) groups is 2. The van der Waals surface area contributed by atoms with Crippen LogP contribution in [-0.2, 0) is 17.8 Å². The van der Waals surface area contributed by atoms with Gasteiger partial charge in [0.2, 0.25) is 5.91 Å². The highest BCUT2D eigenvalue weighted by Crippen LogP contribution is 2.26. The van der Waals surface area contributed by atoms with Crippen LogP contribution in [0.5, 0.6) is 0 Å². The molecule has 3 heterocycles. The molecule has 0 aliphatic carbocycles. The highest BCUT2D eigenvalue weighted by Gasteiger charge is 2.32. The zero-order valence-electron chi connectivity index (χ0n) is 17.0. The van der Waals surface area contributed by atoms with Crippen LogP contribution < -0.4 is 10.6 Å². The molecule has 8 nitrogen and oxygen atoms in total. The topological polar surface area (TPSA) is 92.2 Å². The summed E-state index contributed by atoms with van der Waals surface area (Å²) in [5.41, 5.74) is 0.975. The first kappa shape index (κ1) is 19.4. The average molecular weight is 396 g/mol. The van der Waals surface area contributed by atoms with E-state index >= 15 is 0 Å². The molecule has 2 aromatic rings. The van der Waals surface area contributed by atoms with Crippen molar-refractivity contribution in [2.45, 2.75) is 57.7 Å². The molecule has 2 aliphatic rings. The number of aromatic nitrogens is 3. The molecule has 0 unspecified atom stereocenters. The zero-order valence-corrected chi connectivity index (χ0v) is 17.0. The molecular formula is C21H28N6O2. The summed E-state index contributed by atoms with van der Waals surface area (Å²) in [7, 11) is 0. The van der Waals surface area contributed by atoms with Gasteiger partial charge in [-0.2, -0.15) is 5.10 Å². The van der Waals surface area contributed by atoms with Crippen LogP contribution in [0.1, 0.15) is 55.9 Å². The Bertz CT molecular complexity index is 879. The third-order valence-electron chi connectivity index (χ3n) is 5.59. The molecule has 1 saturated heterocycles. The quantitative estimate of drug-likeness (QED) is 0.830. The first-order valence-corrected chi connectivity index (χ1v) is 10.3. The summed E-state index contributed by atoms with van der Waals surface area (Å²) in [6.45, 7) is 5.74. The van der Waals surface area contributed by atoms with E-state index in [1.807, 2.05) is 35.0 Å². The molecule has 8 heteroatoms. The number of urea groups is 1. The van der Waals surface area contributed by atoms with Crippen molar-refractivity contribution >= 4 is 11.9 Å². The molecule has 0 spiro atoms. The maximum Gasteiger partial charge on any atom is 0.318 e. The number of amides is 3. The highest BCUT2D eigenvalue weighted by molar-refractivity contribution is 5.80. The number of nitrogens with one attached hydrogen (secondary N) is 2. The lowest BCUT2D eigenvalue weighted by Crippen LogP contribution is -2.49. The number of rotatable bonds is 3. The smallest absolute Gasteiger partial charge is 0.318 e. The van der Waals surface area contributed by atoms with Gasteiger partial charge >= 0.3 is 6.03 Å². The monoisotopic (exact) mass is 396 g/mol. The van der Waals surface area contributed by atoms with Gasteiger partial charge in [0.05, 0.1) is 25.0 Å². The molecule has 1 fully saturated rings. The first-order valence-electron chi connectivity index (χ1n) is 10.3. The number of aryl methyl sites for hydroxylation is 1. The molecule has 154 valence electrons. The maximum absolute atomic E-state index is 13.2. The second-order valence-corrected chi connectivity index (χ2v) is 8.08. The van der Waals surface area contributed by atoms with E-state index in [2.05, 4.69) is 34.6 Å². The van der Waals surface area contributed by atoms with Crippen molar-refractivity contribution in [3.63, 3.8) is 0 Å². The van der Waals surface area contributed by atoms with Gasteiger partial charge in [-0.3, -0.25) is 4.79 Å². The molecule has 0 saturated carbocycles. The van der Waals surface area contributed by atoms with Gasteiger partial charge in [-0.05, 0) is 12.0 Å². The Morgan fingerprint density at radius 2 is 2.07 bits per heavy atom. The second kappa shape index (κ2) is 8.23. The molecule has 1 aromatic heterocycles. The minimum absolute atomic E-state index is 0.0000457. The number of benzene rings is 1.